The molecule has 1 aliphatic rings. The second-order valence-corrected chi connectivity index (χ2v) is 7.40. The number of amides is 1. The van der Waals surface area contributed by atoms with Crippen LogP contribution >= 0.6 is 11.6 Å². The van der Waals surface area contributed by atoms with Crippen LogP contribution in [-0.4, -0.2) is 28.5 Å². The number of hydrogen-bond donors (Lipinski definition) is 1. The Balaban J connectivity index is 1.44. The van der Waals surface area contributed by atoms with E-state index in [0.717, 1.165) is 22.4 Å². The summed E-state index contributed by atoms with van der Waals surface area (Å²) < 4.78 is 5.97. The van der Waals surface area contributed by atoms with Crippen molar-refractivity contribution in [2.24, 2.45) is 0 Å². The molecule has 0 bridgehead atoms. The highest BCUT2D eigenvalue weighted by Gasteiger charge is 2.26. The van der Waals surface area contributed by atoms with Gasteiger partial charge in [0.2, 0.25) is 0 Å². The van der Waals surface area contributed by atoms with E-state index < -0.39 is 0 Å². The Labute approximate surface area is 168 Å². The average molecular weight is 394 g/mol. The standard InChI is InChI=1S/C22H20ClN3O2/c1-13-3-4-15(7-14(13)2)22(27)26-11-18-9-17-8-16(10-19(23)21(17)28-18)20-12-24-5-6-25-20/h3-8,10,12,18H,9,11H2,1-2H3,(H,26,27). The number of carbonyl (C=O) groups excluding carboxylic acids is 1. The van der Waals surface area contributed by atoms with Crippen molar-refractivity contribution < 1.29 is 9.53 Å². The molecular formula is C22H20ClN3O2. The molecule has 0 saturated carbocycles. The van der Waals surface area contributed by atoms with E-state index in [0.29, 0.717) is 29.3 Å². The summed E-state index contributed by atoms with van der Waals surface area (Å²) >= 11 is 6.42. The first-order valence-corrected chi connectivity index (χ1v) is 9.50. The molecule has 1 atom stereocenters. The Hall–Kier alpha value is -2.92. The van der Waals surface area contributed by atoms with Crippen LogP contribution in [0.15, 0.2) is 48.9 Å². The SMILES string of the molecule is Cc1ccc(C(=O)NCC2Cc3cc(-c4cnccn4)cc(Cl)c3O2)cc1C. The number of hydrogen-bond acceptors (Lipinski definition) is 4. The minimum absolute atomic E-state index is 0.103. The molecule has 1 amide bonds. The van der Waals surface area contributed by atoms with E-state index in [9.17, 15) is 4.79 Å². The van der Waals surface area contributed by atoms with Gasteiger partial charge in [0, 0.05) is 35.5 Å². The molecule has 5 nitrogen and oxygen atoms in total. The Bertz CT molecular complexity index is 1040. The Kier molecular flexibility index (Phi) is 5.01. The molecule has 0 saturated heterocycles. The number of aryl methyl sites for hydroxylation is 2. The van der Waals surface area contributed by atoms with E-state index in [4.69, 9.17) is 16.3 Å². The summed E-state index contributed by atoms with van der Waals surface area (Å²) in [5, 5.41) is 3.50. The Morgan fingerprint density at radius 3 is 2.82 bits per heavy atom. The highest BCUT2D eigenvalue weighted by Crippen LogP contribution is 2.39. The maximum absolute atomic E-state index is 12.4. The molecule has 1 aromatic heterocycles. The molecule has 6 heteroatoms. The zero-order valence-corrected chi connectivity index (χ0v) is 16.5. The number of nitrogens with one attached hydrogen (secondary N) is 1. The molecule has 1 N–H and O–H groups in total. The van der Waals surface area contributed by atoms with Gasteiger partial charge in [-0.25, -0.2) is 0 Å². The second-order valence-electron chi connectivity index (χ2n) is 6.99. The molecule has 2 heterocycles. The van der Waals surface area contributed by atoms with Crippen molar-refractivity contribution in [1.29, 1.82) is 0 Å². The topological polar surface area (TPSA) is 64.1 Å². The number of rotatable bonds is 4. The predicted octanol–water partition coefficient (Wildman–Crippen LogP) is 4.15. The third kappa shape index (κ3) is 3.71. The van der Waals surface area contributed by atoms with Crippen molar-refractivity contribution >= 4 is 17.5 Å². The zero-order valence-electron chi connectivity index (χ0n) is 15.7. The molecule has 2 aromatic carbocycles. The van der Waals surface area contributed by atoms with Gasteiger partial charge in [-0.05, 0) is 49.2 Å². The molecule has 3 aromatic rings. The summed E-state index contributed by atoms with van der Waals surface area (Å²) in [6, 6.07) is 9.56. The van der Waals surface area contributed by atoms with Gasteiger partial charge in [-0.2, -0.15) is 0 Å². The highest BCUT2D eigenvalue weighted by atomic mass is 35.5. The molecule has 0 fully saturated rings. The minimum Gasteiger partial charge on any atom is -0.486 e. The molecular weight excluding hydrogens is 374 g/mol. The van der Waals surface area contributed by atoms with Crippen molar-refractivity contribution in [2.75, 3.05) is 6.54 Å². The number of aromatic nitrogens is 2. The van der Waals surface area contributed by atoms with E-state index in [2.05, 4.69) is 15.3 Å². The van der Waals surface area contributed by atoms with Crippen LogP contribution in [0.5, 0.6) is 5.75 Å². The lowest BCUT2D eigenvalue weighted by atomic mass is 10.0. The lowest BCUT2D eigenvalue weighted by molar-refractivity contribution is 0.0933. The summed E-state index contributed by atoms with van der Waals surface area (Å²) in [4.78, 5) is 20.9. The summed E-state index contributed by atoms with van der Waals surface area (Å²) in [6.45, 7) is 4.44. The van der Waals surface area contributed by atoms with Gasteiger partial charge in [-0.15, -0.1) is 0 Å². The van der Waals surface area contributed by atoms with Crippen LogP contribution in [0.1, 0.15) is 27.0 Å². The molecule has 4 rings (SSSR count). The number of carbonyl (C=O) groups is 1. The fourth-order valence-electron chi connectivity index (χ4n) is 3.29. The quantitative estimate of drug-likeness (QED) is 0.723. The third-order valence-electron chi connectivity index (χ3n) is 4.97. The lowest BCUT2D eigenvalue weighted by Crippen LogP contribution is -2.34. The van der Waals surface area contributed by atoms with Gasteiger partial charge in [0.05, 0.1) is 23.5 Å². The largest absolute Gasteiger partial charge is 0.486 e. The smallest absolute Gasteiger partial charge is 0.251 e. The van der Waals surface area contributed by atoms with E-state index in [1.54, 1.807) is 18.6 Å². The van der Waals surface area contributed by atoms with Gasteiger partial charge < -0.3 is 10.1 Å². The average Bonchev–Trinajstić information content (AvgIpc) is 3.12. The van der Waals surface area contributed by atoms with Gasteiger partial charge in [0.15, 0.2) is 0 Å². The van der Waals surface area contributed by atoms with Crippen molar-refractivity contribution in [2.45, 2.75) is 26.4 Å². The Morgan fingerprint density at radius 1 is 1.21 bits per heavy atom. The normalized spacial score (nSPS) is 15.0. The molecule has 0 aliphatic carbocycles. The molecule has 0 radical (unpaired) electrons. The molecule has 1 unspecified atom stereocenters. The fraction of sp³-hybridized carbons (Fsp3) is 0.227. The lowest BCUT2D eigenvalue weighted by Gasteiger charge is -2.13. The Morgan fingerprint density at radius 2 is 2.07 bits per heavy atom. The summed E-state index contributed by atoms with van der Waals surface area (Å²) in [7, 11) is 0. The van der Waals surface area contributed by atoms with Crippen LogP contribution in [0.4, 0.5) is 0 Å². The van der Waals surface area contributed by atoms with Gasteiger partial charge in [-0.3, -0.25) is 14.8 Å². The number of fused-ring (bicyclic) bond motifs is 1. The second kappa shape index (κ2) is 7.60. The van der Waals surface area contributed by atoms with Gasteiger partial charge in [0.1, 0.15) is 11.9 Å². The predicted molar refractivity (Wildman–Crippen MR) is 109 cm³/mol. The van der Waals surface area contributed by atoms with Crippen LogP contribution in [0.2, 0.25) is 5.02 Å². The minimum atomic E-state index is -0.153. The van der Waals surface area contributed by atoms with Crippen LogP contribution in [0.3, 0.4) is 0 Å². The number of halogens is 1. The van der Waals surface area contributed by atoms with E-state index in [1.807, 2.05) is 44.2 Å². The van der Waals surface area contributed by atoms with Gasteiger partial charge in [0.25, 0.3) is 5.91 Å². The van der Waals surface area contributed by atoms with Crippen molar-refractivity contribution in [3.8, 4) is 17.0 Å². The number of nitrogens with zero attached hydrogens (tertiary/aromatic N) is 2. The monoisotopic (exact) mass is 393 g/mol. The molecule has 0 spiro atoms. The first kappa shape index (κ1) is 18.4. The first-order chi connectivity index (χ1) is 13.5. The molecule has 142 valence electrons. The van der Waals surface area contributed by atoms with E-state index in [-0.39, 0.29) is 12.0 Å². The summed E-state index contributed by atoms with van der Waals surface area (Å²) in [6.07, 6.45) is 5.51. The van der Waals surface area contributed by atoms with E-state index >= 15 is 0 Å². The van der Waals surface area contributed by atoms with Gasteiger partial charge in [-0.1, -0.05) is 17.7 Å². The van der Waals surface area contributed by atoms with Crippen LogP contribution < -0.4 is 10.1 Å². The maximum atomic E-state index is 12.4. The van der Waals surface area contributed by atoms with Crippen molar-refractivity contribution in [3.05, 3.63) is 76.2 Å². The fourth-order valence-corrected chi connectivity index (χ4v) is 3.57. The number of benzene rings is 2. The maximum Gasteiger partial charge on any atom is 0.251 e. The van der Waals surface area contributed by atoms with Crippen molar-refractivity contribution in [3.63, 3.8) is 0 Å². The zero-order chi connectivity index (χ0) is 19.7. The third-order valence-corrected chi connectivity index (χ3v) is 5.25. The first-order valence-electron chi connectivity index (χ1n) is 9.12. The van der Waals surface area contributed by atoms with Gasteiger partial charge >= 0.3 is 0 Å². The van der Waals surface area contributed by atoms with Crippen molar-refractivity contribution in [1.82, 2.24) is 15.3 Å². The van der Waals surface area contributed by atoms with E-state index in [1.165, 1.54) is 5.56 Å². The summed E-state index contributed by atoms with van der Waals surface area (Å²) in [5.41, 5.74) is 5.60. The van der Waals surface area contributed by atoms with Crippen LogP contribution in [0.25, 0.3) is 11.3 Å². The number of ether oxygens (including phenoxy) is 1. The van der Waals surface area contributed by atoms with Crippen LogP contribution in [-0.2, 0) is 6.42 Å². The van der Waals surface area contributed by atoms with Crippen LogP contribution in [0, 0.1) is 13.8 Å². The molecule has 1 aliphatic heterocycles. The summed E-state index contributed by atoms with van der Waals surface area (Å²) in [5.74, 6) is 0.578. The molecule has 28 heavy (non-hydrogen) atoms. The highest BCUT2D eigenvalue weighted by molar-refractivity contribution is 6.32.